The van der Waals surface area contributed by atoms with Gasteiger partial charge in [0.05, 0.1) is 5.54 Å². The number of aromatic nitrogens is 2. The second kappa shape index (κ2) is 8.01. The Kier molecular flexibility index (Phi) is 5.82. The summed E-state index contributed by atoms with van der Waals surface area (Å²) in [5.41, 5.74) is 2.96. The van der Waals surface area contributed by atoms with Gasteiger partial charge in [-0.25, -0.2) is 0 Å². The van der Waals surface area contributed by atoms with Gasteiger partial charge in [0.2, 0.25) is 0 Å². The van der Waals surface area contributed by atoms with Gasteiger partial charge >= 0.3 is 0 Å². The van der Waals surface area contributed by atoms with Gasteiger partial charge in [-0.15, -0.1) is 0 Å². The average Bonchev–Trinajstić information content (AvgIpc) is 3.33. The molecular weight excluding hydrogens is 364 g/mol. The van der Waals surface area contributed by atoms with E-state index in [1.165, 1.54) is 0 Å². The van der Waals surface area contributed by atoms with E-state index >= 15 is 0 Å². The smallest absolute Gasteiger partial charge is 0.274 e. The van der Waals surface area contributed by atoms with Crippen molar-refractivity contribution >= 4 is 11.8 Å². The van der Waals surface area contributed by atoms with Crippen molar-refractivity contribution < 1.29 is 9.59 Å². The molecule has 1 N–H and O–H groups in total. The Hall–Kier alpha value is -2.63. The predicted molar refractivity (Wildman–Crippen MR) is 114 cm³/mol. The normalized spacial score (nSPS) is 14.2. The van der Waals surface area contributed by atoms with Gasteiger partial charge in [-0.1, -0.05) is 26.0 Å². The highest BCUT2D eigenvalue weighted by Crippen LogP contribution is 2.24. The summed E-state index contributed by atoms with van der Waals surface area (Å²) in [6, 6.07) is 9.68. The molecule has 6 heteroatoms. The minimum absolute atomic E-state index is 0.0302. The lowest BCUT2D eigenvalue weighted by Crippen LogP contribution is -2.29. The molecule has 1 aliphatic rings. The number of hydrogen-bond donors (Lipinski definition) is 1. The number of nitrogens with one attached hydrogen (secondary N) is 1. The second-order valence-corrected chi connectivity index (χ2v) is 9.30. The molecule has 2 aromatic rings. The molecule has 6 nitrogen and oxygen atoms in total. The lowest BCUT2D eigenvalue weighted by Gasteiger charge is -2.23. The first-order valence-corrected chi connectivity index (χ1v) is 10.3. The van der Waals surface area contributed by atoms with Gasteiger partial charge in [-0.3, -0.25) is 14.3 Å². The van der Waals surface area contributed by atoms with Gasteiger partial charge in [-0.2, -0.15) is 5.10 Å². The molecule has 0 saturated heterocycles. The zero-order chi connectivity index (χ0) is 21.3. The van der Waals surface area contributed by atoms with Gasteiger partial charge in [0.15, 0.2) is 5.69 Å². The van der Waals surface area contributed by atoms with Crippen LogP contribution in [0.1, 0.15) is 85.5 Å². The van der Waals surface area contributed by atoms with E-state index in [9.17, 15) is 9.59 Å². The zero-order valence-electron chi connectivity index (χ0n) is 18.3. The summed E-state index contributed by atoms with van der Waals surface area (Å²) in [6.07, 6.45) is 2.14. The van der Waals surface area contributed by atoms with E-state index in [1.807, 2.05) is 35.0 Å². The molecule has 3 rings (SSSR count). The molecule has 0 atom stereocenters. The van der Waals surface area contributed by atoms with Crippen molar-refractivity contribution in [3.63, 3.8) is 0 Å². The summed E-state index contributed by atoms with van der Waals surface area (Å²) in [4.78, 5) is 26.7. The summed E-state index contributed by atoms with van der Waals surface area (Å²) < 4.78 is 1.95. The quantitative estimate of drug-likeness (QED) is 0.805. The van der Waals surface area contributed by atoms with Crippen LogP contribution in [0.2, 0.25) is 0 Å². The fraction of sp³-hybridized carbons (Fsp3) is 0.522. The van der Waals surface area contributed by atoms with E-state index in [0.717, 1.165) is 24.1 Å². The number of rotatable bonds is 6. The third kappa shape index (κ3) is 5.05. The highest BCUT2D eigenvalue weighted by atomic mass is 16.2. The fourth-order valence-corrected chi connectivity index (χ4v) is 3.25. The van der Waals surface area contributed by atoms with Gasteiger partial charge in [0.1, 0.15) is 0 Å². The van der Waals surface area contributed by atoms with Gasteiger partial charge < -0.3 is 10.2 Å². The summed E-state index contributed by atoms with van der Waals surface area (Å²) in [7, 11) is 1.78. The molecule has 0 aliphatic heterocycles. The Labute approximate surface area is 173 Å². The van der Waals surface area contributed by atoms with E-state index in [-0.39, 0.29) is 23.3 Å². The molecule has 0 bridgehead atoms. The zero-order valence-corrected chi connectivity index (χ0v) is 18.3. The maximum atomic E-state index is 13.0. The van der Waals surface area contributed by atoms with Crippen molar-refractivity contribution in [3.8, 4) is 0 Å². The molecule has 1 heterocycles. The number of hydrogen-bond acceptors (Lipinski definition) is 3. The van der Waals surface area contributed by atoms with E-state index in [1.54, 1.807) is 11.9 Å². The minimum atomic E-state index is -0.187. The Bertz CT molecular complexity index is 887. The van der Waals surface area contributed by atoms with Crippen LogP contribution in [0.5, 0.6) is 0 Å². The first-order valence-electron chi connectivity index (χ1n) is 10.3. The molecule has 2 amide bonds. The van der Waals surface area contributed by atoms with E-state index in [4.69, 9.17) is 0 Å². The summed E-state index contributed by atoms with van der Waals surface area (Å²) in [6.45, 7) is 10.9. The van der Waals surface area contributed by atoms with E-state index in [2.05, 4.69) is 45.0 Å². The van der Waals surface area contributed by atoms with Crippen LogP contribution in [0.15, 0.2) is 30.3 Å². The maximum Gasteiger partial charge on any atom is 0.274 e. The molecule has 29 heavy (non-hydrogen) atoms. The number of nitrogens with zero attached hydrogens (tertiary/aromatic N) is 3. The van der Waals surface area contributed by atoms with Crippen molar-refractivity contribution in [3.05, 3.63) is 52.8 Å². The Morgan fingerprint density at radius 3 is 2.31 bits per heavy atom. The van der Waals surface area contributed by atoms with Crippen molar-refractivity contribution in [1.29, 1.82) is 0 Å². The van der Waals surface area contributed by atoms with Crippen LogP contribution in [0.4, 0.5) is 0 Å². The van der Waals surface area contributed by atoms with Crippen molar-refractivity contribution in [2.45, 2.75) is 71.5 Å². The van der Waals surface area contributed by atoms with Gasteiger partial charge in [0.25, 0.3) is 11.8 Å². The number of amides is 2. The van der Waals surface area contributed by atoms with Crippen LogP contribution in [0.25, 0.3) is 0 Å². The van der Waals surface area contributed by atoms with Crippen molar-refractivity contribution in [1.82, 2.24) is 20.0 Å². The lowest BCUT2D eigenvalue weighted by atomic mass is 10.1. The highest BCUT2D eigenvalue weighted by Gasteiger charge is 2.25. The topological polar surface area (TPSA) is 67.2 Å². The summed E-state index contributed by atoms with van der Waals surface area (Å²) >= 11 is 0. The van der Waals surface area contributed by atoms with Gasteiger partial charge in [0, 0.05) is 30.9 Å². The standard InChI is InChI=1S/C23H32N4O2/c1-15(2)20-13-19(25-27(20)23(3,4)5)22(29)26(6)14-16-7-9-17(10-8-16)21(28)24-18-11-12-18/h7-10,13,15,18H,11-12,14H2,1-6H3,(H,24,28). The number of benzene rings is 1. The van der Waals surface area contributed by atoms with Gasteiger partial charge in [-0.05, 0) is 63.3 Å². The maximum absolute atomic E-state index is 13.0. The molecule has 1 fully saturated rings. The van der Waals surface area contributed by atoms with Crippen LogP contribution in [0, 0.1) is 0 Å². The van der Waals surface area contributed by atoms with E-state index in [0.29, 0.717) is 23.8 Å². The summed E-state index contributed by atoms with van der Waals surface area (Å²) in [5.74, 6) is 0.144. The molecule has 1 saturated carbocycles. The van der Waals surface area contributed by atoms with Crippen LogP contribution < -0.4 is 5.32 Å². The van der Waals surface area contributed by atoms with Crippen LogP contribution in [-0.4, -0.2) is 39.6 Å². The monoisotopic (exact) mass is 396 g/mol. The molecule has 1 aromatic heterocycles. The average molecular weight is 397 g/mol. The molecule has 1 aliphatic carbocycles. The third-order valence-corrected chi connectivity index (χ3v) is 5.08. The molecule has 0 spiro atoms. The Balaban J connectivity index is 1.69. The lowest BCUT2D eigenvalue weighted by molar-refractivity contribution is 0.0777. The van der Waals surface area contributed by atoms with Crippen LogP contribution in [0.3, 0.4) is 0 Å². The molecule has 1 aromatic carbocycles. The molecule has 156 valence electrons. The third-order valence-electron chi connectivity index (χ3n) is 5.08. The van der Waals surface area contributed by atoms with Crippen LogP contribution in [-0.2, 0) is 12.1 Å². The molecule has 0 unspecified atom stereocenters. The molecule has 0 radical (unpaired) electrons. The predicted octanol–water partition coefficient (Wildman–Crippen LogP) is 3.93. The molecular formula is C23H32N4O2. The van der Waals surface area contributed by atoms with Crippen molar-refractivity contribution in [2.24, 2.45) is 0 Å². The number of carbonyl (C=O) groups is 2. The Morgan fingerprint density at radius 2 is 1.83 bits per heavy atom. The first kappa shape index (κ1) is 21.1. The first-order chi connectivity index (χ1) is 13.6. The summed E-state index contributed by atoms with van der Waals surface area (Å²) in [5, 5.41) is 7.59. The van der Waals surface area contributed by atoms with Crippen LogP contribution >= 0.6 is 0 Å². The Morgan fingerprint density at radius 1 is 1.21 bits per heavy atom. The van der Waals surface area contributed by atoms with Crippen molar-refractivity contribution in [2.75, 3.05) is 7.05 Å². The largest absolute Gasteiger partial charge is 0.349 e. The minimum Gasteiger partial charge on any atom is -0.349 e. The second-order valence-electron chi connectivity index (χ2n) is 9.30. The highest BCUT2D eigenvalue weighted by molar-refractivity contribution is 5.94. The SMILES string of the molecule is CC(C)c1cc(C(=O)N(C)Cc2ccc(C(=O)NC3CC3)cc2)nn1C(C)(C)C. The number of carbonyl (C=O) groups excluding carboxylic acids is 2. The van der Waals surface area contributed by atoms with E-state index < -0.39 is 0 Å². The fourth-order valence-electron chi connectivity index (χ4n) is 3.25.